The van der Waals surface area contributed by atoms with Gasteiger partial charge in [0, 0.05) is 98.9 Å². The van der Waals surface area contributed by atoms with Gasteiger partial charge in [0.2, 0.25) is 0 Å². The fraction of sp³-hybridized carbons (Fsp3) is 0.429. The molecule has 0 N–H and O–H groups in total. The van der Waals surface area contributed by atoms with Gasteiger partial charge >= 0.3 is 17.2 Å². The second kappa shape index (κ2) is 43.2. The Morgan fingerprint density at radius 2 is 0.648 bits per heavy atom. The standard InChI is InChI=1S/C63H66O6P2.24H2/c1-7-11-15-19-23-27-31-35-39-43-55-64-70(65-56-44-40-36-32-28-24-20-16-12-8-2)68-61-51-47-59(48-52-61)63(5,6)60-49-53-62(54-50-60)69-71(66-57-45-41-37-33-29-25-21-17-13-9-3)67-58-46-42-38-34-30-26-22-18-14-10-4;;;;;;;;;;;;;;;;;;;;;;;;/h1,3,47-54H,8,10,12,14,16,18,20,22,24,26,28,30,32,34,36,38,40,42,44,46,56,58H2,2,4-6H3;24*1H. The summed E-state index contributed by atoms with van der Waals surface area (Å²) in [5, 5.41) is 0. The van der Waals surface area contributed by atoms with Crippen molar-refractivity contribution in [3.8, 4) is 155 Å². The largest absolute Gasteiger partial charge is 0.472 e. The van der Waals surface area contributed by atoms with Crippen molar-refractivity contribution in [3.63, 3.8) is 0 Å². The van der Waals surface area contributed by atoms with E-state index in [-0.39, 0.29) is 39.7 Å². The third-order valence-electron chi connectivity index (χ3n) is 10.4. The molecule has 8 heteroatoms. The van der Waals surface area contributed by atoms with E-state index in [9.17, 15) is 0 Å². The lowest BCUT2D eigenvalue weighted by atomic mass is 9.78. The number of hydrogen-bond donors (Lipinski definition) is 0. The zero-order valence-electron chi connectivity index (χ0n) is 42.2. The highest BCUT2D eigenvalue weighted by Crippen LogP contribution is 2.43. The lowest BCUT2D eigenvalue weighted by molar-refractivity contribution is 0.249. The first-order valence-electron chi connectivity index (χ1n) is 24.6. The molecular weight excluding hydrogens is 915 g/mol. The Bertz CT molecular complexity index is 2500. The van der Waals surface area contributed by atoms with Gasteiger partial charge in [-0.1, -0.05) is 168 Å². The molecule has 2 rings (SSSR count). The molecule has 0 saturated heterocycles. The molecule has 6 nitrogen and oxygen atoms in total. The van der Waals surface area contributed by atoms with Crippen LogP contribution in [0.25, 0.3) is 0 Å². The number of rotatable bonds is 32. The Hall–Kier alpha value is -6.86. The van der Waals surface area contributed by atoms with Crippen LogP contribution in [0.2, 0.25) is 0 Å². The molecule has 0 aliphatic carbocycles. The van der Waals surface area contributed by atoms with Crippen molar-refractivity contribution in [2.45, 2.75) is 162 Å². The Morgan fingerprint density at radius 3 is 0.944 bits per heavy atom. The first kappa shape index (κ1) is 60.3. The van der Waals surface area contributed by atoms with Crippen LogP contribution in [0, 0.1) is 143 Å². The minimum absolute atomic E-state index is 0. The van der Waals surface area contributed by atoms with E-state index in [1.54, 1.807) is 0 Å². The number of benzene rings is 2. The van der Waals surface area contributed by atoms with E-state index < -0.39 is 17.2 Å². The summed E-state index contributed by atoms with van der Waals surface area (Å²) < 4.78 is 36.0. The van der Waals surface area contributed by atoms with Gasteiger partial charge < -0.3 is 18.1 Å². The van der Waals surface area contributed by atoms with Crippen molar-refractivity contribution in [2.24, 2.45) is 0 Å². The topological polar surface area (TPSA) is 55.4 Å². The molecule has 0 aromatic heterocycles. The molecule has 0 saturated carbocycles. The molecule has 0 bridgehead atoms. The molecule has 71 heavy (non-hydrogen) atoms. The van der Waals surface area contributed by atoms with Gasteiger partial charge in [0.25, 0.3) is 0 Å². The molecular formula is C63H114O6P2. The zero-order valence-corrected chi connectivity index (χ0v) is 44.0. The maximum absolute atomic E-state index is 6.19. The van der Waals surface area contributed by atoms with Crippen molar-refractivity contribution in [2.75, 3.05) is 13.2 Å². The fourth-order valence-electron chi connectivity index (χ4n) is 6.48. The van der Waals surface area contributed by atoms with Gasteiger partial charge in [-0.3, -0.25) is 9.05 Å². The summed E-state index contributed by atoms with van der Waals surface area (Å²) in [6.07, 6.45) is 39.9. The van der Waals surface area contributed by atoms with Gasteiger partial charge in [-0.15, -0.1) is 12.8 Å². The molecule has 2 unspecified atom stereocenters. The summed E-state index contributed by atoms with van der Waals surface area (Å²) in [4.78, 5) is 0. The smallest absolute Gasteiger partial charge is 0.417 e. The van der Waals surface area contributed by atoms with E-state index in [2.05, 4.69) is 158 Å². The van der Waals surface area contributed by atoms with Gasteiger partial charge in [-0.25, -0.2) is 0 Å². The monoisotopic (exact) mass is 1030 g/mol. The fourth-order valence-corrected chi connectivity index (χ4v) is 8.15. The van der Waals surface area contributed by atoms with Crippen molar-refractivity contribution >= 4 is 17.2 Å². The highest BCUT2D eigenvalue weighted by atomic mass is 31.2. The van der Waals surface area contributed by atoms with E-state index in [1.165, 1.54) is 103 Å². The average molecular weight is 1030 g/mol. The Morgan fingerprint density at radius 1 is 0.380 bits per heavy atom. The van der Waals surface area contributed by atoms with Gasteiger partial charge in [0.1, 0.15) is 23.7 Å². The maximum atomic E-state index is 6.19. The summed E-state index contributed by atoms with van der Waals surface area (Å²) in [5.41, 5.74) is 1.80. The van der Waals surface area contributed by atoms with Crippen molar-refractivity contribution in [3.05, 3.63) is 59.7 Å². The first-order chi connectivity index (χ1) is 34.9. The van der Waals surface area contributed by atoms with E-state index in [1.807, 2.05) is 48.5 Å². The highest BCUT2D eigenvalue weighted by molar-refractivity contribution is 7.42. The van der Waals surface area contributed by atoms with Crippen molar-refractivity contribution in [1.82, 2.24) is 0 Å². The van der Waals surface area contributed by atoms with Crippen LogP contribution in [0.5, 0.6) is 11.5 Å². The number of terminal acetylenes is 2. The summed E-state index contributed by atoms with van der Waals surface area (Å²) in [6.45, 7) is 9.81. The molecule has 0 fully saturated rings. The van der Waals surface area contributed by atoms with Crippen molar-refractivity contribution < 1.29 is 61.4 Å². The van der Waals surface area contributed by atoms with Gasteiger partial charge in [-0.2, -0.15) is 0 Å². The van der Waals surface area contributed by atoms with Crippen LogP contribution in [-0.4, -0.2) is 13.2 Å². The Labute approximate surface area is 467 Å². The molecule has 0 heterocycles. The molecule has 0 aliphatic rings. The number of hydrogen-bond acceptors (Lipinski definition) is 6. The predicted octanol–water partition coefficient (Wildman–Crippen LogP) is 20.3. The van der Waals surface area contributed by atoms with E-state index in [0.717, 1.165) is 36.8 Å². The second-order valence-electron chi connectivity index (χ2n) is 16.3. The minimum Gasteiger partial charge on any atom is -0.417 e. The lowest BCUT2D eigenvalue weighted by Crippen LogP contribution is -2.18. The van der Waals surface area contributed by atoms with Crippen molar-refractivity contribution in [1.29, 1.82) is 0 Å². The Kier molecular flexibility index (Phi) is 36.7. The second-order valence-corrected chi connectivity index (χ2v) is 18.4. The molecule has 2 aromatic rings. The van der Waals surface area contributed by atoms with Gasteiger partial charge in [0.05, 0.1) is 13.2 Å². The summed E-state index contributed by atoms with van der Waals surface area (Å²) >= 11 is 0. The van der Waals surface area contributed by atoms with Gasteiger partial charge in [0.15, 0.2) is 0 Å². The Balaban J connectivity index is -0.000000103. The predicted molar refractivity (Wildman–Crippen MR) is 344 cm³/mol. The minimum atomic E-state index is -1.82. The zero-order chi connectivity index (χ0) is 51.0. The molecule has 0 amide bonds. The van der Waals surface area contributed by atoms with E-state index >= 15 is 0 Å². The van der Waals surface area contributed by atoms with Gasteiger partial charge in [-0.05, 0) is 107 Å². The van der Waals surface area contributed by atoms with E-state index in [4.69, 9.17) is 40.0 Å². The van der Waals surface area contributed by atoms with Crippen LogP contribution < -0.4 is 9.05 Å². The average Bonchev–Trinajstić information content (AvgIpc) is 3.38. The SMILES string of the molecule is C#CC#CC#CC#CC#CC#COP(OCCCCCCCCCCCC)Oc1ccc(C(C)(C)c2ccc(OP(OC#CC#CC#CC#CC#CC#C)OCCCCCCCCCCCC)cc2)cc1.[HH].[HH].[HH].[HH].[HH].[HH].[HH].[HH].[HH].[HH].[HH].[HH].[HH].[HH].[HH].[HH].[HH].[HH].[HH].[HH].[HH].[HH].[HH].[HH]. The molecule has 2 aromatic carbocycles. The lowest BCUT2D eigenvalue weighted by Gasteiger charge is -2.26. The van der Waals surface area contributed by atoms with Crippen LogP contribution in [0.1, 0.15) is 201 Å². The molecule has 412 valence electrons. The van der Waals surface area contributed by atoms with Crippen LogP contribution in [-0.2, 0) is 23.5 Å². The molecule has 2 atom stereocenters. The normalized spacial score (nSPS) is 10.1. The molecule has 0 spiro atoms. The summed E-state index contributed by atoms with van der Waals surface area (Å²) in [5.74, 6) is 51.5. The van der Waals surface area contributed by atoms with E-state index in [0.29, 0.717) is 24.7 Å². The summed E-state index contributed by atoms with van der Waals surface area (Å²) in [7, 11) is -3.64. The first-order valence-corrected chi connectivity index (χ1v) is 26.8. The van der Waals surface area contributed by atoms with Crippen LogP contribution in [0.15, 0.2) is 48.5 Å². The molecule has 0 aliphatic heterocycles. The maximum Gasteiger partial charge on any atom is 0.472 e. The highest BCUT2D eigenvalue weighted by Gasteiger charge is 2.25. The summed E-state index contributed by atoms with van der Waals surface area (Å²) in [6, 6.07) is 15.8. The van der Waals surface area contributed by atoms with Crippen LogP contribution in [0.4, 0.5) is 0 Å². The molecule has 0 radical (unpaired) electrons. The van der Waals surface area contributed by atoms with Crippen LogP contribution in [0.3, 0.4) is 0 Å². The third-order valence-corrected chi connectivity index (χ3v) is 12.4. The number of unbranched alkanes of at least 4 members (excludes halogenated alkanes) is 18. The quantitative estimate of drug-likeness (QED) is 0.0413. The van der Waals surface area contributed by atoms with Crippen LogP contribution >= 0.6 is 17.2 Å². The third kappa shape index (κ3) is 32.6.